The van der Waals surface area contributed by atoms with Crippen LogP contribution in [0.3, 0.4) is 0 Å². The van der Waals surface area contributed by atoms with Gasteiger partial charge in [-0.2, -0.15) is 0 Å². The number of hydrogen-bond donors (Lipinski definition) is 3. The highest BCUT2D eigenvalue weighted by atomic mass is 32.1. The van der Waals surface area contributed by atoms with E-state index in [4.69, 9.17) is 9.47 Å². The molecule has 3 amide bonds. The number of carbonyl (C=O) groups excluding carboxylic acids is 2. The molecule has 1 aromatic heterocycles. The molecule has 0 radical (unpaired) electrons. The zero-order valence-corrected chi connectivity index (χ0v) is 15.4. The minimum Gasteiger partial charge on any atom is -0.454 e. The molecule has 2 heterocycles. The van der Waals surface area contributed by atoms with Gasteiger partial charge in [0.15, 0.2) is 11.5 Å². The fourth-order valence-corrected chi connectivity index (χ4v) is 2.79. The molecule has 1 aromatic carbocycles. The maximum atomic E-state index is 12.3. The summed E-state index contributed by atoms with van der Waals surface area (Å²) in [6.07, 6.45) is 0. The molecule has 0 aliphatic carbocycles. The van der Waals surface area contributed by atoms with Crippen molar-refractivity contribution in [3.05, 3.63) is 28.2 Å². The van der Waals surface area contributed by atoms with Gasteiger partial charge in [0.1, 0.15) is 5.01 Å². The Morgan fingerprint density at radius 3 is 2.73 bits per heavy atom. The molecule has 0 saturated heterocycles. The van der Waals surface area contributed by atoms with E-state index in [1.54, 1.807) is 18.2 Å². The highest BCUT2D eigenvalue weighted by Crippen LogP contribution is 2.34. The van der Waals surface area contributed by atoms with Crippen LogP contribution in [-0.2, 0) is 6.54 Å². The monoisotopic (exact) mass is 377 g/mol. The lowest BCUT2D eigenvalue weighted by Gasteiger charge is -2.20. The molecule has 0 bridgehead atoms. The maximum absolute atomic E-state index is 12.3. The van der Waals surface area contributed by atoms with Crippen LogP contribution in [0, 0.1) is 0 Å². The second-order valence-electron chi connectivity index (χ2n) is 6.58. The van der Waals surface area contributed by atoms with Crippen molar-refractivity contribution in [1.29, 1.82) is 0 Å². The summed E-state index contributed by atoms with van der Waals surface area (Å²) in [5.74, 6) is 0.836. The number of amides is 3. The number of aromatic nitrogens is 2. The average molecular weight is 377 g/mol. The molecule has 0 spiro atoms. The smallest absolute Gasteiger partial charge is 0.315 e. The first kappa shape index (κ1) is 17.9. The Labute approximate surface area is 154 Å². The molecule has 0 unspecified atom stereocenters. The van der Waals surface area contributed by atoms with Crippen molar-refractivity contribution >= 4 is 29.0 Å². The van der Waals surface area contributed by atoms with Gasteiger partial charge in [0, 0.05) is 17.3 Å². The van der Waals surface area contributed by atoms with Crippen LogP contribution in [0.5, 0.6) is 11.5 Å². The van der Waals surface area contributed by atoms with Crippen molar-refractivity contribution in [2.75, 3.05) is 12.1 Å². The average Bonchev–Trinajstić information content (AvgIpc) is 3.20. The Kier molecular flexibility index (Phi) is 4.94. The zero-order valence-electron chi connectivity index (χ0n) is 14.6. The van der Waals surface area contributed by atoms with E-state index in [9.17, 15) is 9.59 Å². The van der Waals surface area contributed by atoms with Gasteiger partial charge in [-0.3, -0.25) is 4.79 Å². The number of benzene rings is 1. The van der Waals surface area contributed by atoms with Gasteiger partial charge in [-0.1, -0.05) is 11.3 Å². The molecule has 10 heteroatoms. The first-order valence-electron chi connectivity index (χ1n) is 7.89. The van der Waals surface area contributed by atoms with Crippen LogP contribution in [0.15, 0.2) is 18.2 Å². The van der Waals surface area contributed by atoms with Crippen LogP contribution in [0.4, 0.5) is 10.5 Å². The van der Waals surface area contributed by atoms with Crippen LogP contribution < -0.4 is 25.4 Å². The number of hydrogen-bond acceptors (Lipinski definition) is 7. The first-order valence-corrected chi connectivity index (χ1v) is 8.71. The lowest BCUT2D eigenvalue weighted by Crippen LogP contribution is -2.46. The highest BCUT2D eigenvalue weighted by Gasteiger charge is 2.18. The van der Waals surface area contributed by atoms with Crippen LogP contribution in [0.25, 0.3) is 0 Å². The van der Waals surface area contributed by atoms with Crippen molar-refractivity contribution in [3.8, 4) is 11.5 Å². The van der Waals surface area contributed by atoms with Crippen molar-refractivity contribution in [3.63, 3.8) is 0 Å². The Balaban J connectivity index is 1.55. The van der Waals surface area contributed by atoms with Crippen molar-refractivity contribution in [1.82, 2.24) is 20.8 Å². The van der Waals surface area contributed by atoms with Crippen molar-refractivity contribution < 1.29 is 19.1 Å². The van der Waals surface area contributed by atoms with Crippen LogP contribution in [0.2, 0.25) is 0 Å². The second-order valence-corrected chi connectivity index (χ2v) is 7.64. The summed E-state index contributed by atoms with van der Waals surface area (Å²) in [5, 5.41) is 16.7. The predicted octanol–water partition coefficient (Wildman–Crippen LogP) is 2.12. The lowest BCUT2D eigenvalue weighted by molar-refractivity contribution is 0.102. The molecule has 0 fully saturated rings. The number of fused-ring (bicyclic) bond motifs is 1. The highest BCUT2D eigenvalue weighted by molar-refractivity contribution is 7.13. The third-order valence-corrected chi connectivity index (χ3v) is 4.10. The van der Waals surface area contributed by atoms with Crippen LogP contribution in [-0.4, -0.2) is 34.5 Å². The summed E-state index contributed by atoms with van der Waals surface area (Å²) in [7, 11) is 0. The number of nitrogens with one attached hydrogen (secondary N) is 3. The zero-order chi connectivity index (χ0) is 18.7. The molecule has 26 heavy (non-hydrogen) atoms. The van der Waals surface area contributed by atoms with E-state index < -0.39 is 0 Å². The molecule has 3 N–H and O–H groups in total. The molecule has 1 aliphatic heterocycles. The summed E-state index contributed by atoms with van der Waals surface area (Å²) < 4.78 is 10.5. The summed E-state index contributed by atoms with van der Waals surface area (Å²) >= 11 is 1.11. The van der Waals surface area contributed by atoms with Gasteiger partial charge in [-0.25, -0.2) is 4.79 Å². The van der Waals surface area contributed by atoms with Crippen LogP contribution >= 0.6 is 11.3 Å². The topological polar surface area (TPSA) is 114 Å². The van der Waals surface area contributed by atoms with Gasteiger partial charge in [0.2, 0.25) is 11.8 Å². The normalized spacial score (nSPS) is 12.6. The van der Waals surface area contributed by atoms with Gasteiger partial charge < -0.3 is 25.4 Å². The Morgan fingerprint density at radius 1 is 1.19 bits per heavy atom. The molecule has 0 saturated carbocycles. The number of nitrogens with zero attached hydrogens (tertiary/aromatic N) is 2. The molecular weight excluding hydrogens is 358 g/mol. The third kappa shape index (κ3) is 4.60. The van der Waals surface area contributed by atoms with E-state index in [2.05, 4.69) is 26.1 Å². The molecular formula is C16H19N5O4S. The number of anilines is 1. The van der Waals surface area contributed by atoms with Crippen molar-refractivity contribution in [2.45, 2.75) is 32.9 Å². The van der Waals surface area contributed by atoms with E-state index in [0.717, 1.165) is 11.3 Å². The summed E-state index contributed by atoms with van der Waals surface area (Å²) in [6.45, 7) is 6.02. The predicted molar refractivity (Wildman–Crippen MR) is 95.6 cm³/mol. The largest absolute Gasteiger partial charge is 0.454 e. The molecule has 2 aromatic rings. The van der Waals surface area contributed by atoms with Gasteiger partial charge in [0.25, 0.3) is 5.91 Å². The summed E-state index contributed by atoms with van der Waals surface area (Å²) in [5.41, 5.74) is 0.236. The van der Waals surface area contributed by atoms with Gasteiger partial charge in [-0.15, -0.1) is 10.2 Å². The number of rotatable bonds is 4. The fraction of sp³-hybridized carbons (Fsp3) is 0.375. The van der Waals surface area contributed by atoms with E-state index in [-0.39, 0.29) is 35.8 Å². The number of ether oxygens (including phenoxy) is 2. The summed E-state index contributed by atoms with van der Waals surface area (Å²) in [4.78, 5) is 24.0. The molecule has 9 nitrogen and oxygen atoms in total. The molecule has 0 atom stereocenters. The lowest BCUT2D eigenvalue weighted by atomic mass is 10.1. The van der Waals surface area contributed by atoms with Gasteiger partial charge >= 0.3 is 6.03 Å². The SMILES string of the molecule is CC(C)(C)NC(=O)NCc1nnc(C(=O)Nc2ccc3c(c2)OCO3)s1. The van der Waals surface area contributed by atoms with Crippen molar-refractivity contribution in [2.24, 2.45) is 0 Å². The van der Waals surface area contributed by atoms with Gasteiger partial charge in [-0.05, 0) is 32.9 Å². The minimum absolute atomic E-state index is 0.169. The quantitative estimate of drug-likeness (QED) is 0.752. The third-order valence-electron chi connectivity index (χ3n) is 3.18. The van der Waals surface area contributed by atoms with E-state index in [0.29, 0.717) is 22.2 Å². The second kappa shape index (κ2) is 7.16. The fourth-order valence-electron chi connectivity index (χ4n) is 2.12. The maximum Gasteiger partial charge on any atom is 0.315 e. The Morgan fingerprint density at radius 2 is 1.96 bits per heavy atom. The Bertz CT molecular complexity index is 830. The summed E-state index contributed by atoms with van der Waals surface area (Å²) in [6, 6.07) is 4.81. The number of carbonyl (C=O) groups is 2. The molecule has 138 valence electrons. The Hall–Kier alpha value is -2.88. The number of urea groups is 1. The van der Waals surface area contributed by atoms with E-state index in [1.165, 1.54) is 0 Å². The standard InChI is InChI=1S/C16H19N5O4S/c1-16(2,3)19-15(23)17-7-12-20-21-14(26-12)13(22)18-9-4-5-10-11(6-9)25-8-24-10/h4-6H,7-8H2,1-3H3,(H,18,22)(H2,17,19,23). The minimum atomic E-state index is -0.383. The van der Waals surface area contributed by atoms with Crippen LogP contribution in [0.1, 0.15) is 35.6 Å². The first-order chi connectivity index (χ1) is 12.3. The van der Waals surface area contributed by atoms with Gasteiger partial charge in [0.05, 0.1) is 6.54 Å². The molecule has 3 rings (SSSR count). The van der Waals surface area contributed by atoms with E-state index in [1.807, 2.05) is 20.8 Å². The van der Waals surface area contributed by atoms with E-state index >= 15 is 0 Å². The molecule has 1 aliphatic rings.